The average molecular weight is 210 g/mol. The maximum Gasteiger partial charge on any atom is 0.0662 e. The Morgan fingerprint density at radius 1 is 0.933 bits per heavy atom. The van der Waals surface area contributed by atoms with Gasteiger partial charge in [-0.15, -0.1) is 0 Å². The zero-order valence-electron chi connectivity index (χ0n) is 11.2. The largest absolute Gasteiger partial charge is 0.377 e. The first-order valence-corrected chi connectivity index (χ1v) is 6.28. The maximum atomic E-state index is 6.13. The summed E-state index contributed by atoms with van der Waals surface area (Å²) in [5, 5.41) is 0. The van der Waals surface area contributed by atoms with Gasteiger partial charge in [-0.3, -0.25) is 0 Å². The van der Waals surface area contributed by atoms with E-state index in [0.717, 1.165) is 12.5 Å². The third kappa shape index (κ3) is 1.84. The first-order chi connectivity index (χ1) is 6.67. The van der Waals surface area contributed by atoms with Crippen molar-refractivity contribution in [3.8, 4) is 0 Å². The van der Waals surface area contributed by atoms with Gasteiger partial charge in [0.15, 0.2) is 0 Å². The van der Waals surface area contributed by atoms with Gasteiger partial charge in [-0.25, -0.2) is 0 Å². The van der Waals surface area contributed by atoms with Crippen LogP contribution >= 0.6 is 0 Å². The van der Waals surface area contributed by atoms with Crippen LogP contribution in [0.5, 0.6) is 0 Å². The van der Waals surface area contributed by atoms with Gasteiger partial charge in [-0.2, -0.15) is 0 Å². The molecule has 2 unspecified atom stereocenters. The molecule has 88 valence electrons. The summed E-state index contributed by atoms with van der Waals surface area (Å²) in [6, 6.07) is 0. The van der Waals surface area contributed by atoms with Gasteiger partial charge in [0.25, 0.3) is 0 Å². The maximum absolute atomic E-state index is 6.13. The summed E-state index contributed by atoms with van der Waals surface area (Å²) >= 11 is 0. The van der Waals surface area contributed by atoms with Gasteiger partial charge in [0.2, 0.25) is 0 Å². The van der Waals surface area contributed by atoms with E-state index in [9.17, 15) is 0 Å². The summed E-state index contributed by atoms with van der Waals surface area (Å²) in [6.45, 7) is 15.1. The smallest absolute Gasteiger partial charge is 0.0662 e. The van der Waals surface area contributed by atoms with Crippen LogP contribution in [0.25, 0.3) is 0 Å². The molecule has 2 fully saturated rings. The summed E-state index contributed by atoms with van der Waals surface area (Å²) in [7, 11) is 0. The highest BCUT2D eigenvalue weighted by Gasteiger charge is 2.62. The van der Waals surface area contributed by atoms with Crippen molar-refractivity contribution in [3.63, 3.8) is 0 Å². The first-order valence-electron chi connectivity index (χ1n) is 6.28. The lowest BCUT2D eigenvalue weighted by Gasteiger charge is -2.40. The highest BCUT2D eigenvalue weighted by molar-refractivity contribution is 5.10. The zero-order valence-corrected chi connectivity index (χ0v) is 11.2. The van der Waals surface area contributed by atoms with Crippen molar-refractivity contribution in [3.05, 3.63) is 0 Å². The second-order valence-corrected chi connectivity index (χ2v) is 7.80. The Hall–Kier alpha value is -0.0400. The predicted molar refractivity (Wildman–Crippen MR) is 63.8 cm³/mol. The van der Waals surface area contributed by atoms with E-state index in [1.165, 1.54) is 12.8 Å². The lowest BCUT2D eigenvalue weighted by molar-refractivity contribution is -0.0197. The molecule has 2 rings (SSSR count). The molecule has 0 N–H and O–H groups in total. The van der Waals surface area contributed by atoms with Gasteiger partial charge < -0.3 is 4.74 Å². The van der Waals surface area contributed by atoms with Crippen LogP contribution in [0.3, 0.4) is 0 Å². The fourth-order valence-corrected chi connectivity index (χ4v) is 3.50. The summed E-state index contributed by atoms with van der Waals surface area (Å²) < 4.78 is 6.13. The molecule has 1 heterocycles. The van der Waals surface area contributed by atoms with E-state index in [1.54, 1.807) is 0 Å². The van der Waals surface area contributed by atoms with Crippen LogP contribution in [0, 0.1) is 22.2 Å². The van der Waals surface area contributed by atoms with E-state index in [0.29, 0.717) is 16.9 Å². The van der Waals surface area contributed by atoms with Gasteiger partial charge in [0.05, 0.1) is 12.7 Å². The van der Waals surface area contributed by atoms with Gasteiger partial charge in [-0.1, -0.05) is 41.5 Å². The Bertz CT molecular complexity index is 249. The van der Waals surface area contributed by atoms with E-state index in [4.69, 9.17) is 4.74 Å². The lowest BCUT2D eigenvalue weighted by atomic mass is 9.65. The molecule has 0 radical (unpaired) electrons. The van der Waals surface area contributed by atoms with Crippen molar-refractivity contribution in [2.75, 3.05) is 6.61 Å². The number of rotatable bonds is 0. The predicted octanol–water partition coefficient (Wildman–Crippen LogP) is 3.87. The van der Waals surface area contributed by atoms with E-state index in [2.05, 4.69) is 41.5 Å². The van der Waals surface area contributed by atoms with Crippen molar-refractivity contribution < 1.29 is 4.74 Å². The number of hydrogen-bond donors (Lipinski definition) is 0. The van der Waals surface area contributed by atoms with E-state index in [1.807, 2.05) is 0 Å². The Kier molecular flexibility index (Phi) is 2.29. The van der Waals surface area contributed by atoms with Crippen LogP contribution in [0.1, 0.15) is 54.4 Å². The third-order valence-electron chi connectivity index (χ3n) is 4.19. The van der Waals surface area contributed by atoms with Crippen LogP contribution in [0.15, 0.2) is 0 Å². The van der Waals surface area contributed by atoms with Crippen molar-refractivity contribution in [2.45, 2.75) is 60.5 Å². The summed E-state index contributed by atoms with van der Waals surface area (Å²) in [5.41, 5.74) is 1.21. The summed E-state index contributed by atoms with van der Waals surface area (Å²) in [6.07, 6.45) is 3.23. The van der Waals surface area contributed by atoms with Gasteiger partial charge in [0.1, 0.15) is 0 Å². The standard InChI is InChI=1S/C14H26O/c1-12(2,3)10-11(13(4,5)6)15-9-14(10)7-8-14/h10-11H,7-9H2,1-6H3. The molecule has 1 aliphatic heterocycles. The Morgan fingerprint density at radius 2 is 1.47 bits per heavy atom. The zero-order chi connectivity index (χ0) is 11.5. The molecule has 2 atom stereocenters. The van der Waals surface area contributed by atoms with Gasteiger partial charge in [-0.05, 0) is 35.0 Å². The van der Waals surface area contributed by atoms with Crippen LogP contribution in [0.4, 0.5) is 0 Å². The van der Waals surface area contributed by atoms with Crippen molar-refractivity contribution in [1.82, 2.24) is 0 Å². The molecule has 1 nitrogen and oxygen atoms in total. The quantitative estimate of drug-likeness (QED) is 0.589. The summed E-state index contributed by atoms with van der Waals surface area (Å²) in [4.78, 5) is 0. The average Bonchev–Trinajstić information content (AvgIpc) is 2.56. The number of hydrogen-bond acceptors (Lipinski definition) is 1. The van der Waals surface area contributed by atoms with Crippen LogP contribution in [-0.4, -0.2) is 12.7 Å². The molecular formula is C14H26O. The normalized spacial score (nSPS) is 34.8. The van der Waals surface area contributed by atoms with Crippen molar-refractivity contribution >= 4 is 0 Å². The number of ether oxygens (including phenoxy) is 1. The molecule has 0 aromatic carbocycles. The Morgan fingerprint density at radius 3 is 1.80 bits per heavy atom. The minimum atomic E-state index is 0.282. The topological polar surface area (TPSA) is 9.23 Å². The molecule has 0 aromatic heterocycles. The fourth-order valence-electron chi connectivity index (χ4n) is 3.50. The van der Waals surface area contributed by atoms with Crippen molar-refractivity contribution in [1.29, 1.82) is 0 Å². The minimum Gasteiger partial charge on any atom is -0.377 e. The van der Waals surface area contributed by atoms with Crippen LogP contribution < -0.4 is 0 Å². The molecule has 1 saturated heterocycles. The third-order valence-corrected chi connectivity index (χ3v) is 4.19. The minimum absolute atomic E-state index is 0.282. The van der Waals surface area contributed by atoms with Crippen molar-refractivity contribution in [2.24, 2.45) is 22.2 Å². The van der Waals surface area contributed by atoms with Gasteiger partial charge in [0, 0.05) is 0 Å². The Balaban J connectivity index is 2.27. The second-order valence-electron chi connectivity index (χ2n) is 7.80. The van der Waals surface area contributed by atoms with Gasteiger partial charge >= 0.3 is 0 Å². The molecule has 2 aliphatic rings. The molecule has 15 heavy (non-hydrogen) atoms. The highest BCUT2D eigenvalue weighted by atomic mass is 16.5. The van der Waals surface area contributed by atoms with E-state index >= 15 is 0 Å². The Labute approximate surface area is 94.6 Å². The SMILES string of the molecule is CC(C)(C)C1OCC2(CC2)C1C(C)(C)C. The molecule has 1 aliphatic carbocycles. The fraction of sp³-hybridized carbons (Fsp3) is 1.00. The summed E-state index contributed by atoms with van der Waals surface area (Å²) in [5.74, 6) is 0.741. The molecule has 1 saturated carbocycles. The molecular weight excluding hydrogens is 184 g/mol. The second kappa shape index (κ2) is 3.00. The van der Waals surface area contributed by atoms with Crippen LogP contribution in [0.2, 0.25) is 0 Å². The molecule has 1 spiro atoms. The molecule has 1 heteroatoms. The van der Waals surface area contributed by atoms with Crippen LogP contribution in [-0.2, 0) is 4.74 Å². The molecule has 0 aromatic rings. The van der Waals surface area contributed by atoms with E-state index in [-0.39, 0.29) is 5.41 Å². The van der Waals surface area contributed by atoms with E-state index < -0.39 is 0 Å². The monoisotopic (exact) mass is 210 g/mol. The highest BCUT2D eigenvalue weighted by Crippen LogP contribution is 2.64. The first kappa shape index (κ1) is 11.4. The lowest BCUT2D eigenvalue weighted by Crippen LogP contribution is -2.40. The molecule has 0 bridgehead atoms. The molecule has 0 amide bonds.